The highest BCUT2D eigenvalue weighted by molar-refractivity contribution is 7.87. The van der Waals surface area contributed by atoms with Gasteiger partial charge in [-0.1, -0.05) is 37.1 Å². The molecule has 3 N–H and O–H groups in total. The second kappa shape index (κ2) is 7.17. The van der Waals surface area contributed by atoms with Gasteiger partial charge in [-0.15, -0.1) is 0 Å². The fraction of sp³-hybridized carbons (Fsp3) is 0.571. The highest BCUT2D eigenvalue weighted by atomic mass is 32.2. The lowest BCUT2D eigenvalue weighted by Gasteiger charge is -2.20. The van der Waals surface area contributed by atoms with Crippen molar-refractivity contribution < 1.29 is 8.42 Å². The predicted molar refractivity (Wildman–Crippen MR) is 80.1 cm³/mol. The Morgan fingerprint density at radius 2 is 1.75 bits per heavy atom. The lowest BCUT2D eigenvalue weighted by molar-refractivity contribution is 0.414. The molecule has 1 aliphatic heterocycles. The number of nitrogens with two attached hydrogens (primary N) is 1. The summed E-state index contributed by atoms with van der Waals surface area (Å²) in [7, 11) is -3.37. The molecule has 1 aromatic carbocycles. The molecule has 1 heterocycles. The molecule has 0 aromatic heterocycles. The predicted octanol–water partition coefficient (Wildman–Crippen LogP) is 1.36. The van der Waals surface area contributed by atoms with Crippen LogP contribution < -0.4 is 10.5 Å². The highest BCUT2D eigenvalue weighted by Crippen LogP contribution is 2.13. The van der Waals surface area contributed by atoms with Gasteiger partial charge in [0.15, 0.2) is 0 Å². The van der Waals surface area contributed by atoms with E-state index in [1.54, 1.807) is 4.31 Å². The van der Waals surface area contributed by atoms with Crippen molar-refractivity contribution in [1.82, 2.24) is 9.03 Å². The van der Waals surface area contributed by atoms with E-state index in [0.29, 0.717) is 26.2 Å². The Bertz CT molecular complexity index is 523. The monoisotopic (exact) mass is 297 g/mol. The zero-order chi connectivity index (χ0) is 14.4. The number of nitrogens with one attached hydrogen (secondary N) is 1. The van der Waals surface area contributed by atoms with Crippen molar-refractivity contribution in [3.8, 4) is 0 Å². The average Bonchev–Trinajstić information content (AvgIpc) is 2.75. The van der Waals surface area contributed by atoms with Gasteiger partial charge in [-0.05, 0) is 24.0 Å². The minimum absolute atomic E-state index is 0.312. The van der Waals surface area contributed by atoms with E-state index in [-0.39, 0.29) is 0 Å². The molecule has 0 spiro atoms. The van der Waals surface area contributed by atoms with Gasteiger partial charge in [-0.2, -0.15) is 17.4 Å². The van der Waals surface area contributed by atoms with Gasteiger partial charge in [0.1, 0.15) is 0 Å². The van der Waals surface area contributed by atoms with Gasteiger partial charge < -0.3 is 5.73 Å². The summed E-state index contributed by atoms with van der Waals surface area (Å²) >= 11 is 0. The van der Waals surface area contributed by atoms with Crippen LogP contribution in [0.1, 0.15) is 36.8 Å². The van der Waals surface area contributed by atoms with Crippen LogP contribution in [0, 0.1) is 0 Å². The molecule has 0 amide bonds. The van der Waals surface area contributed by atoms with E-state index in [1.165, 1.54) is 0 Å². The van der Waals surface area contributed by atoms with Crippen LogP contribution >= 0.6 is 0 Å². The maximum absolute atomic E-state index is 12.3. The first kappa shape index (κ1) is 15.4. The maximum Gasteiger partial charge on any atom is 0.279 e. The molecular formula is C14H23N3O2S. The minimum atomic E-state index is -3.37. The van der Waals surface area contributed by atoms with E-state index < -0.39 is 10.2 Å². The van der Waals surface area contributed by atoms with E-state index in [9.17, 15) is 8.42 Å². The van der Waals surface area contributed by atoms with Crippen molar-refractivity contribution >= 4 is 10.2 Å². The minimum Gasteiger partial charge on any atom is -0.326 e. The summed E-state index contributed by atoms with van der Waals surface area (Å²) in [6.45, 7) is 2.02. The van der Waals surface area contributed by atoms with Gasteiger partial charge in [0.25, 0.3) is 10.2 Å². The van der Waals surface area contributed by atoms with E-state index in [2.05, 4.69) is 4.72 Å². The van der Waals surface area contributed by atoms with Gasteiger partial charge in [0.05, 0.1) is 0 Å². The number of benzene rings is 1. The second-order valence-corrected chi connectivity index (χ2v) is 6.92. The van der Waals surface area contributed by atoms with Gasteiger partial charge >= 0.3 is 0 Å². The molecule has 0 radical (unpaired) electrons. The third-order valence-electron chi connectivity index (χ3n) is 3.59. The van der Waals surface area contributed by atoms with Crippen molar-refractivity contribution in [2.24, 2.45) is 5.73 Å². The van der Waals surface area contributed by atoms with Crippen LogP contribution in [0.4, 0.5) is 0 Å². The zero-order valence-corrected chi connectivity index (χ0v) is 12.5. The lowest BCUT2D eigenvalue weighted by atomic mass is 10.1. The molecule has 1 aliphatic rings. The highest BCUT2D eigenvalue weighted by Gasteiger charge is 2.22. The molecule has 0 bridgehead atoms. The van der Waals surface area contributed by atoms with Crippen molar-refractivity contribution in [3.05, 3.63) is 35.4 Å². The molecule has 1 fully saturated rings. The van der Waals surface area contributed by atoms with Crippen molar-refractivity contribution in [3.63, 3.8) is 0 Å². The zero-order valence-electron chi connectivity index (χ0n) is 11.7. The Balaban J connectivity index is 1.97. The Morgan fingerprint density at radius 3 is 2.40 bits per heavy atom. The van der Waals surface area contributed by atoms with Crippen LogP contribution in [0.3, 0.4) is 0 Å². The standard InChI is InChI=1S/C14H23N3O2S/c15-11-13-6-5-7-14(10-13)12-16-20(18,19)17-8-3-1-2-4-9-17/h5-7,10,16H,1-4,8-9,11-12,15H2. The molecule has 0 saturated carbocycles. The molecule has 0 aliphatic carbocycles. The summed E-state index contributed by atoms with van der Waals surface area (Å²) in [5.74, 6) is 0. The second-order valence-electron chi connectivity index (χ2n) is 5.16. The summed E-state index contributed by atoms with van der Waals surface area (Å²) < 4.78 is 28.8. The van der Waals surface area contributed by atoms with E-state index >= 15 is 0 Å². The fourth-order valence-corrected chi connectivity index (χ4v) is 3.68. The Hall–Kier alpha value is -0.950. The van der Waals surface area contributed by atoms with Crippen LogP contribution in [0.15, 0.2) is 24.3 Å². The summed E-state index contributed by atoms with van der Waals surface area (Å²) in [6, 6.07) is 7.68. The molecule has 6 heteroatoms. The Morgan fingerprint density at radius 1 is 1.10 bits per heavy atom. The lowest BCUT2D eigenvalue weighted by Crippen LogP contribution is -2.40. The quantitative estimate of drug-likeness (QED) is 0.861. The molecule has 112 valence electrons. The van der Waals surface area contributed by atoms with Gasteiger partial charge in [-0.25, -0.2) is 0 Å². The van der Waals surface area contributed by atoms with Crippen molar-refractivity contribution in [1.29, 1.82) is 0 Å². The molecule has 1 saturated heterocycles. The van der Waals surface area contributed by atoms with Gasteiger partial charge in [-0.3, -0.25) is 0 Å². The summed E-state index contributed by atoms with van der Waals surface area (Å²) in [5, 5.41) is 0. The molecule has 1 aromatic rings. The first-order chi connectivity index (χ1) is 9.62. The summed E-state index contributed by atoms with van der Waals surface area (Å²) in [6.07, 6.45) is 4.13. The van der Waals surface area contributed by atoms with Crippen LogP contribution in [-0.4, -0.2) is 25.8 Å². The van der Waals surface area contributed by atoms with Crippen LogP contribution in [0.5, 0.6) is 0 Å². The molecule has 0 atom stereocenters. The topological polar surface area (TPSA) is 75.4 Å². The van der Waals surface area contributed by atoms with Crippen LogP contribution in [0.25, 0.3) is 0 Å². The van der Waals surface area contributed by atoms with Crippen LogP contribution in [0.2, 0.25) is 0 Å². The third kappa shape index (κ3) is 4.28. The first-order valence-electron chi connectivity index (χ1n) is 7.14. The summed E-state index contributed by atoms with van der Waals surface area (Å²) in [4.78, 5) is 0. The number of nitrogens with zero attached hydrogens (tertiary/aromatic N) is 1. The molecule has 20 heavy (non-hydrogen) atoms. The smallest absolute Gasteiger partial charge is 0.279 e. The molecule has 0 unspecified atom stereocenters. The maximum atomic E-state index is 12.3. The normalized spacial score (nSPS) is 17.9. The molecule has 2 rings (SSSR count). The number of rotatable bonds is 5. The van der Waals surface area contributed by atoms with E-state index in [4.69, 9.17) is 5.73 Å². The summed E-state index contributed by atoms with van der Waals surface area (Å²) in [5.41, 5.74) is 7.54. The first-order valence-corrected chi connectivity index (χ1v) is 8.58. The molecule has 5 nitrogen and oxygen atoms in total. The van der Waals surface area contributed by atoms with Crippen LogP contribution in [-0.2, 0) is 23.3 Å². The van der Waals surface area contributed by atoms with E-state index in [0.717, 1.165) is 36.8 Å². The average molecular weight is 297 g/mol. The largest absolute Gasteiger partial charge is 0.326 e. The SMILES string of the molecule is NCc1cccc(CNS(=O)(=O)N2CCCCCC2)c1. The number of hydrogen-bond donors (Lipinski definition) is 2. The van der Waals surface area contributed by atoms with Crippen molar-refractivity contribution in [2.45, 2.75) is 38.8 Å². The molecular weight excluding hydrogens is 274 g/mol. The number of hydrogen-bond acceptors (Lipinski definition) is 3. The van der Waals surface area contributed by atoms with Gasteiger partial charge in [0.2, 0.25) is 0 Å². The third-order valence-corrected chi connectivity index (χ3v) is 5.14. The van der Waals surface area contributed by atoms with E-state index in [1.807, 2.05) is 24.3 Å². The Labute approximate surface area is 121 Å². The van der Waals surface area contributed by atoms with Gasteiger partial charge in [0, 0.05) is 26.2 Å². The fourth-order valence-electron chi connectivity index (χ4n) is 2.41. The van der Waals surface area contributed by atoms with Crippen molar-refractivity contribution in [2.75, 3.05) is 13.1 Å². The Kier molecular flexibility index (Phi) is 5.54.